The zero-order valence-corrected chi connectivity index (χ0v) is 18.3. The van der Waals surface area contributed by atoms with Crippen LogP contribution in [0.5, 0.6) is 11.5 Å². The Morgan fingerprint density at radius 2 is 1.80 bits per heavy atom. The van der Waals surface area contributed by atoms with Crippen molar-refractivity contribution in [1.29, 1.82) is 0 Å². The Balaban J connectivity index is 1.99. The molecule has 2 rings (SSSR count). The topological polar surface area (TPSA) is 67.9 Å². The summed E-state index contributed by atoms with van der Waals surface area (Å²) >= 11 is 0. The van der Waals surface area contributed by atoms with Crippen LogP contribution in [0.15, 0.2) is 48.5 Å². The van der Waals surface area contributed by atoms with Crippen LogP contribution in [0.25, 0.3) is 6.08 Å². The zero-order chi connectivity index (χ0) is 22.1. The SMILES string of the molecule is CNC(=O)c1ccc(CN(C)C(=O)/C=C/c2ccc(OCC(C)C)c(OC)c2)cc1. The van der Waals surface area contributed by atoms with Crippen molar-refractivity contribution in [3.8, 4) is 11.5 Å². The van der Waals surface area contributed by atoms with E-state index in [4.69, 9.17) is 9.47 Å². The Bertz CT molecular complexity index is 889. The number of ether oxygens (including phenoxy) is 2. The monoisotopic (exact) mass is 410 g/mol. The summed E-state index contributed by atoms with van der Waals surface area (Å²) in [5.41, 5.74) is 2.38. The van der Waals surface area contributed by atoms with Crippen LogP contribution in [-0.2, 0) is 11.3 Å². The summed E-state index contributed by atoms with van der Waals surface area (Å²) in [5, 5.41) is 2.59. The van der Waals surface area contributed by atoms with Gasteiger partial charge in [0.05, 0.1) is 13.7 Å². The Morgan fingerprint density at radius 1 is 1.10 bits per heavy atom. The van der Waals surface area contributed by atoms with Gasteiger partial charge in [0, 0.05) is 32.3 Å². The number of benzene rings is 2. The predicted octanol–water partition coefficient (Wildman–Crippen LogP) is 3.76. The van der Waals surface area contributed by atoms with E-state index in [9.17, 15) is 9.59 Å². The fourth-order valence-corrected chi connectivity index (χ4v) is 2.72. The maximum atomic E-state index is 12.5. The first-order valence-electron chi connectivity index (χ1n) is 9.89. The summed E-state index contributed by atoms with van der Waals surface area (Å²) in [6.45, 7) is 5.23. The summed E-state index contributed by atoms with van der Waals surface area (Å²) in [4.78, 5) is 25.7. The average molecular weight is 411 g/mol. The first-order valence-corrected chi connectivity index (χ1v) is 9.89. The molecule has 0 radical (unpaired) electrons. The lowest BCUT2D eigenvalue weighted by molar-refractivity contribution is -0.125. The van der Waals surface area contributed by atoms with Gasteiger partial charge in [0.15, 0.2) is 11.5 Å². The molecule has 0 unspecified atom stereocenters. The quantitative estimate of drug-likeness (QED) is 0.639. The normalized spacial score (nSPS) is 10.9. The summed E-state index contributed by atoms with van der Waals surface area (Å²) < 4.78 is 11.2. The van der Waals surface area contributed by atoms with Gasteiger partial charge in [0.1, 0.15) is 0 Å². The fraction of sp³-hybridized carbons (Fsp3) is 0.333. The lowest BCUT2D eigenvalue weighted by Gasteiger charge is -2.15. The van der Waals surface area contributed by atoms with E-state index in [0.29, 0.717) is 36.1 Å². The summed E-state index contributed by atoms with van der Waals surface area (Å²) in [6, 6.07) is 12.8. The molecule has 0 aliphatic carbocycles. The minimum atomic E-state index is -0.134. The van der Waals surface area contributed by atoms with Gasteiger partial charge in [0.25, 0.3) is 5.91 Å². The Kier molecular flexibility index (Phi) is 8.47. The third-order valence-corrected chi connectivity index (χ3v) is 4.42. The maximum Gasteiger partial charge on any atom is 0.251 e. The van der Waals surface area contributed by atoms with Crippen LogP contribution in [0, 0.1) is 5.92 Å². The lowest BCUT2D eigenvalue weighted by Crippen LogP contribution is -2.24. The van der Waals surface area contributed by atoms with E-state index in [-0.39, 0.29) is 11.8 Å². The molecule has 0 spiro atoms. The number of amides is 2. The van der Waals surface area contributed by atoms with Gasteiger partial charge in [-0.3, -0.25) is 9.59 Å². The molecular formula is C24H30N2O4. The molecular weight excluding hydrogens is 380 g/mol. The second-order valence-corrected chi connectivity index (χ2v) is 7.42. The molecule has 0 aliphatic heterocycles. The molecule has 0 aliphatic rings. The van der Waals surface area contributed by atoms with E-state index < -0.39 is 0 Å². The largest absolute Gasteiger partial charge is 0.493 e. The third kappa shape index (κ3) is 6.65. The van der Waals surface area contributed by atoms with E-state index >= 15 is 0 Å². The van der Waals surface area contributed by atoms with Gasteiger partial charge in [-0.1, -0.05) is 32.0 Å². The van der Waals surface area contributed by atoms with Crippen molar-refractivity contribution in [3.63, 3.8) is 0 Å². The number of carbonyl (C=O) groups excluding carboxylic acids is 2. The number of hydrogen-bond acceptors (Lipinski definition) is 4. The molecule has 0 fully saturated rings. The Morgan fingerprint density at radius 3 is 2.40 bits per heavy atom. The van der Waals surface area contributed by atoms with E-state index in [1.807, 2.05) is 30.3 Å². The van der Waals surface area contributed by atoms with Crippen LogP contribution in [0.2, 0.25) is 0 Å². The number of methoxy groups -OCH3 is 1. The van der Waals surface area contributed by atoms with E-state index in [1.165, 1.54) is 6.08 Å². The van der Waals surface area contributed by atoms with Crippen molar-refractivity contribution in [2.45, 2.75) is 20.4 Å². The van der Waals surface area contributed by atoms with Gasteiger partial charge in [-0.2, -0.15) is 0 Å². The van der Waals surface area contributed by atoms with Crippen molar-refractivity contribution < 1.29 is 19.1 Å². The van der Waals surface area contributed by atoms with Gasteiger partial charge >= 0.3 is 0 Å². The zero-order valence-electron chi connectivity index (χ0n) is 18.3. The van der Waals surface area contributed by atoms with Crippen molar-refractivity contribution >= 4 is 17.9 Å². The van der Waals surface area contributed by atoms with E-state index in [2.05, 4.69) is 19.2 Å². The van der Waals surface area contributed by atoms with Crippen LogP contribution in [0.3, 0.4) is 0 Å². The highest BCUT2D eigenvalue weighted by atomic mass is 16.5. The van der Waals surface area contributed by atoms with Crippen LogP contribution in [-0.4, -0.2) is 44.5 Å². The molecule has 0 atom stereocenters. The first kappa shape index (κ1) is 23.0. The number of nitrogens with zero attached hydrogens (tertiary/aromatic N) is 1. The molecule has 6 nitrogen and oxygen atoms in total. The molecule has 160 valence electrons. The highest BCUT2D eigenvalue weighted by Gasteiger charge is 2.09. The maximum absolute atomic E-state index is 12.5. The highest BCUT2D eigenvalue weighted by Crippen LogP contribution is 2.29. The Labute approximate surface area is 178 Å². The Hall–Kier alpha value is -3.28. The van der Waals surface area contributed by atoms with Crippen LogP contribution < -0.4 is 14.8 Å². The second-order valence-electron chi connectivity index (χ2n) is 7.42. The molecule has 0 heterocycles. The van der Waals surface area contributed by atoms with Gasteiger partial charge in [-0.05, 0) is 47.4 Å². The van der Waals surface area contributed by atoms with E-state index in [0.717, 1.165) is 11.1 Å². The first-order chi connectivity index (χ1) is 14.3. The van der Waals surface area contributed by atoms with Crippen molar-refractivity contribution in [2.24, 2.45) is 5.92 Å². The predicted molar refractivity (Wildman–Crippen MR) is 119 cm³/mol. The van der Waals surface area contributed by atoms with Gasteiger partial charge < -0.3 is 19.7 Å². The van der Waals surface area contributed by atoms with Crippen LogP contribution in [0.1, 0.15) is 35.3 Å². The molecule has 0 saturated heterocycles. The minimum Gasteiger partial charge on any atom is -0.493 e. The number of nitrogens with one attached hydrogen (secondary N) is 1. The molecule has 2 aromatic rings. The molecule has 2 aromatic carbocycles. The van der Waals surface area contributed by atoms with Crippen LogP contribution in [0.4, 0.5) is 0 Å². The van der Waals surface area contributed by atoms with Crippen LogP contribution >= 0.6 is 0 Å². The van der Waals surface area contributed by atoms with Crippen molar-refractivity contribution in [3.05, 3.63) is 65.2 Å². The third-order valence-electron chi connectivity index (χ3n) is 4.42. The number of carbonyl (C=O) groups is 2. The fourth-order valence-electron chi connectivity index (χ4n) is 2.72. The summed E-state index contributed by atoms with van der Waals surface area (Å²) in [7, 11) is 4.93. The molecule has 1 N–H and O–H groups in total. The molecule has 0 aromatic heterocycles. The van der Waals surface area contributed by atoms with Crippen molar-refractivity contribution in [2.75, 3.05) is 27.8 Å². The van der Waals surface area contributed by atoms with Gasteiger partial charge in [-0.25, -0.2) is 0 Å². The standard InChI is InChI=1S/C24H30N2O4/c1-17(2)16-30-21-12-8-18(14-22(21)29-5)9-13-23(27)26(4)15-19-6-10-20(11-7-19)24(28)25-3/h6-14,17H,15-16H2,1-5H3,(H,25,28)/b13-9+. The highest BCUT2D eigenvalue weighted by molar-refractivity contribution is 5.94. The van der Waals surface area contributed by atoms with E-state index in [1.54, 1.807) is 44.3 Å². The number of rotatable bonds is 9. The summed E-state index contributed by atoms with van der Waals surface area (Å²) in [6.07, 6.45) is 3.28. The average Bonchev–Trinajstić information content (AvgIpc) is 2.75. The lowest BCUT2D eigenvalue weighted by atomic mass is 10.1. The molecule has 0 bridgehead atoms. The van der Waals surface area contributed by atoms with Gasteiger partial charge in [0.2, 0.25) is 5.91 Å². The molecule has 30 heavy (non-hydrogen) atoms. The number of likely N-dealkylation sites (N-methyl/N-ethyl adjacent to an activating group) is 1. The van der Waals surface area contributed by atoms with Crippen molar-refractivity contribution in [1.82, 2.24) is 10.2 Å². The summed E-state index contributed by atoms with van der Waals surface area (Å²) in [5.74, 6) is 1.48. The van der Waals surface area contributed by atoms with Gasteiger partial charge in [-0.15, -0.1) is 0 Å². The molecule has 2 amide bonds. The molecule has 0 saturated carbocycles. The smallest absolute Gasteiger partial charge is 0.251 e. The number of hydrogen-bond donors (Lipinski definition) is 1. The second kappa shape index (κ2) is 11.0. The molecule has 6 heteroatoms. The minimum absolute atomic E-state index is 0.121.